The third-order valence-corrected chi connectivity index (χ3v) is 7.65. The van der Waals surface area contributed by atoms with Crippen molar-refractivity contribution in [2.24, 2.45) is 0 Å². The van der Waals surface area contributed by atoms with Gasteiger partial charge in [-0.05, 0) is 69.9 Å². The molecule has 3 heterocycles. The van der Waals surface area contributed by atoms with Crippen LogP contribution in [0.25, 0.3) is 0 Å². The number of thiazole rings is 1. The lowest BCUT2D eigenvalue weighted by atomic mass is 9.97. The number of hydrogen-bond donors (Lipinski definition) is 1. The Kier molecular flexibility index (Phi) is 8.13. The van der Waals surface area contributed by atoms with Gasteiger partial charge >= 0.3 is 12.4 Å². The molecule has 36 heavy (non-hydrogen) atoms. The average Bonchev–Trinajstić information content (AvgIpc) is 3.51. The van der Waals surface area contributed by atoms with E-state index in [1.54, 1.807) is 5.38 Å². The second-order valence-corrected chi connectivity index (χ2v) is 10.2. The third kappa shape index (κ3) is 6.90. The lowest BCUT2D eigenvalue weighted by molar-refractivity contribution is -0.138. The minimum atomic E-state index is -4.53. The van der Waals surface area contributed by atoms with Gasteiger partial charge in [-0.15, -0.1) is 11.3 Å². The molecule has 1 N–H and O–H groups in total. The van der Waals surface area contributed by atoms with Crippen molar-refractivity contribution in [3.05, 3.63) is 39.8 Å². The van der Waals surface area contributed by atoms with E-state index >= 15 is 0 Å². The van der Waals surface area contributed by atoms with Crippen molar-refractivity contribution in [3.8, 4) is 0 Å². The molecule has 5 nitrogen and oxygen atoms in total. The molecule has 2 fully saturated rings. The number of benzene rings is 1. The van der Waals surface area contributed by atoms with Crippen LogP contribution in [0.3, 0.4) is 0 Å². The second kappa shape index (κ2) is 11.0. The van der Waals surface area contributed by atoms with E-state index in [0.29, 0.717) is 38.4 Å². The molecule has 0 atom stereocenters. The van der Waals surface area contributed by atoms with Crippen LogP contribution in [-0.2, 0) is 6.18 Å². The molecule has 0 bridgehead atoms. The van der Waals surface area contributed by atoms with E-state index in [-0.39, 0.29) is 23.7 Å². The molecule has 2 aliphatic rings. The monoisotopic (exact) mass is 534 g/mol. The van der Waals surface area contributed by atoms with Gasteiger partial charge in [0.15, 0.2) is 0 Å². The Morgan fingerprint density at radius 2 is 1.75 bits per heavy atom. The fourth-order valence-electron chi connectivity index (χ4n) is 4.72. The Bertz CT molecular complexity index is 1040. The Morgan fingerprint density at radius 3 is 2.39 bits per heavy atom. The van der Waals surface area contributed by atoms with Crippen LogP contribution in [0.15, 0.2) is 23.6 Å². The van der Waals surface area contributed by atoms with Crippen LogP contribution in [-0.4, -0.2) is 54.7 Å². The lowest BCUT2D eigenvalue weighted by Crippen LogP contribution is -2.34. The van der Waals surface area contributed by atoms with E-state index in [0.717, 1.165) is 42.8 Å². The Balaban J connectivity index is 1.39. The summed E-state index contributed by atoms with van der Waals surface area (Å²) in [6.45, 7) is 3.14. The summed E-state index contributed by atoms with van der Waals surface area (Å²) >= 11 is 1.32. The fourth-order valence-corrected chi connectivity index (χ4v) is 5.69. The van der Waals surface area contributed by atoms with Gasteiger partial charge in [0.2, 0.25) is 0 Å². The standard InChI is InChI=1S/C24H28F6N4OS/c25-23(26,27)8-3-9-33-12-6-16(7-13-33)22-32-19(15-36-22)21(35)31-18-14-17(24(28,29)30)4-5-20(18)34-10-1-2-11-34/h4-5,14-16H,1-3,6-13H2,(H,31,35). The Hall–Kier alpha value is -2.34. The van der Waals surface area contributed by atoms with Crippen molar-refractivity contribution in [1.82, 2.24) is 9.88 Å². The van der Waals surface area contributed by atoms with Crippen molar-refractivity contribution in [2.75, 3.05) is 42.9 Å². The van der Waals surface area contributed by atoms with E-state index in [1.165, 1.54) is 17.4 Å². The second-order valence-electron chi connectivity index (χ2n) is 9.28. The Labute approximate surface area is 209 Å². The van der Waals surface area contributed by atoms with Crippen molar-refractivity contribution in [2.45, 2.75) is 56.8 Å². The molecular weight excluding hydrogens is 506 g/mol. The highest BCUT2D eigenvalue weighted by atomic mass is 32.1. The van der Waals surface area contributed by atoms with Crippen LogP contribution in [0.2, 0.25) is 0 Å². The number of nitrogens with one attached hydrogen (secondary N) is 1. The van der Waals surface area contributed by atoms with Gasteiger partial charge in [-0.25, -0.2) is 4.98 Å². The van der Waals surface area contributed by atoms with Crippen LogP contribution in [0.4, 0.5) is 37.7 Å². The number of carbonyl (C=O) groups is 1. The molecule has 4 rings (SSSR count). The zero-order valence-corrected chi connectivity index (χ0v) is 20.4. The van der Waals surface area contributed by atoms with E-state index in [9.17, 15) is 31.1 Å². The number of aromatic nitrogens is 1. The number of likely N-dealkylation sites (tertiary alicyclic amines) is 1. The molecule has 0 spiro atoms. The highest BCUT2D eigenvalue weighted by molar-refractivity contribution is 7.10. The minimum Gasteiger partial charge on any atom is -0.370 e. The SMILES string of the molecule is O=C(Nc1cc(C(F)(F)F)ccc1N1CCCC1)c1csc(C2CCN(CCCC(F)(F)F)CC2)n1. The zero-order chi connectivity index (χ0) is 25.9. The van der Waals surface area contributed by atoms with E-state index in [4.69, 9.17) is 0 Å². The number of nitrogens with zero attached hydrogens (tertiary/aromatic N) is 3. The van der Waals surface area contributed by atoms with Crippen molar-refractivity contribution >= 4 is 28.6 Å². The maximum absolute atomic E-state index is 13.3. The summed E-state index contributed by atoms with van der Waals surface area (Å²) in [7, 11) is 0. The first-order valence-corrected chi connectivity index (χ1v) is 12.9. The maximum Gasteiger partial charge on any atom is 0.416 e. The largest absolute Gasteiger partial charge is 0.416 e. The van der Waals surface area contributed by atoms with Gasteiger partial charge in [0.05, 0.1) is 21.9 Å². The highest BCUT2D eigenvalue weighted by Gasteiger charge is 2.32. The number of amides is 1. The van der Waals surface area contributed by atoms with Crippen LogP contribution in [0.1, 0.15) is 65.5 Å². The topological polar surface area (TPSA) is 48.5 Å². The van der Waals surface area contributed by atoms with Crippen molar-refractivity contribution in [3.63, 3.8) is 0 Å². The number of piperidine rings is 1. The predicted octanol–water partition coefficient (Wildman–Crippen LogP) is 6.54. The molecule has 1 aromatic carbocycles. The third-order valence-electron chi connectivity index (χ3n) is 6.64. The predicted molar refractivity (Wildman–Crippen MR) is 127 cm³/mol. The summed E-state index contributed by atoms with van der Waals surface area (Å²) in [6.07, 6.45) is -6.05. The summed E-state index contributed by atoms with van der Waals surface area (Å²) in [6, 6.07) is 3.39. The van der Waals surface area contributed by atoms with Gasteiger partial charge < -0.3 is 15.1 Å². The van der Waals surface area contributed by atoms with Gasteiger partial charge in [0.25, 0.3) is 5.91 Å². The summed E-state index contributed by atoms with van der Waals surface area (Å²) in [4.78, 5) is 21.3. The lowest BCUT2D eigenvalue weighted by Gasteiger charge is -2.31. The van der Waals surface area contributed by atoms with E-state index < -0.39 is 30.2 Å². The molecule has 0 saturated carbocycles. The number of carbonyl (C=O) groups excluding carboxylic acids is 1. The smallest absolute Gasteiger partial charge is 0.370 e. The van der Waals surface area contributed by atoms with Crippen LogP contribution in [0.5, 0.6) is 0 Å². The fraction of sp³-hybridized carbons (Fsp3) is 0.583. The Morgan fingerprint density at radius 1 is 1.06 bits per heavy atom. The first kappa shape index (κ1) is 26.7. The number of alkyl halides is 6. The summed E-state index contributed by atoms with van der Waals surface area (Å²) < 4.78 is 77.0. The molecule has 2 aliphatic heterocycles. The van der Waals surface area contributed by atoms with Gasteiger partial charge in [0, 0.05) is 30.8 Å². The summed E-state index contributed by atoms with van der Waals surface area (Å²) in [5.41, 5.74) is -0.0188. The van der Waals surface area contributed by atoms with Crippen LogP contribution in [0, 0.1) is 0 Å². The minimum absolute atomic E-state index is 0.0741. The summed E-state index contributed by atoms with van der Waals surface area (Å²) in [5.74, 6) is -0.467. The number of hydrogen-bond acceptors (Lipinski definition) is 5. The quantitative estimate of drug-likeness (QED) is 0.410. The van der Waals surface area contributed by atoms with Crippen molar-refractivity contribution in [1.29, 1.82) is 0 Å². The number of anilines is 2. The average molecular weight is 535 g/mol. The number of rotatable bonds is 7. The van der Waals surface area contributed by atoms with Crippen LogP contribution >= 0.6 is 11.3 Å². The van der Waals surface area contributed by atoms with Crippen LogP contribution < -0.4 is 10.2 Å². The molecule has 0 radical (unpaired) electrons. The van der Waals surface area contributed by atoms with Gasteiger partial charge in [0.1, 0.15) is 5.69 Å². The van der Waals surface area contributed by atoms with Gasteiger partial charge in [-0.3, -0.25) is 4.79 Å². The molecule has 198 valence electrons. The molecule has 0 unspecified atom stereocenters. The molecular formula is C24H28F6N4OS. The van der Waals surface area contributed by atoms with E-state index in [2.05, 4.69) is 10.3 Å². The molecule has 1 aromatic heterocycles. The maximum atomic E-state index is 13.3. The molecule has 2 aromatic rings. The molecule has 2 saturated heterocycles. The van der Waals surface area contributed by atoms with E-state index in [1.807, 2.05) is 9.80 Å². The first-order chi connectivity index (χ1) is 17.0. The van der Waals surface area contributed by atoms with Crippen molar-refractivity contribution < 1.29 is 31.1 Å². The van der Waals surface area contributed by atoms with Gasteiger partial charge in [-0.1, -0.05) is 0 Å². The number of halogens is 6. The molecule has 12 heteroatoms. The van der Waals surface area contributed by atoms with Gasteiger partial charge in [-0.2, -0.15) is 26.3 Å². The summed E-state index contributed by atoms with van der Waals surface area (Å²) in [5, 5.41) is 5.00. The molecule has 0 aliphatic carbocycles. The molecule has 1 amide bonds. The highest BCUT2D eigenvalue weighted by Crippen LogP contribution is 2.37. The zero-order valence-electron chi connectivity index (χ0n) is 19.6. The normalized spacial score (nSPS) is 18.1. The first-order valence-electron chi connectivity index (χ1n) is 12.0.